The molecule has 0 aliphatic rings. The minimum absolute atomic E-state index is 0.109. The third-order valence-corrected chi connectivity index (χ3v) is 2.42. The predicted molar refractivity (Wildman–Crippen MR) is 48.2 cm³/mol. The topological polar surface area (TPSA) is 24.1 Å². The minimum Gasteiger partial charge on any atom is -0.366 e. The van der Waals surface area contributed by atoms with Crippen LogP contribution in [0.25, 0.3) is 0 Å². The summed E-state index contributed by atoms with van der Waals surface area (Å²) in [7, 11) is -3.72. The van der Waals surface area contributed by atoms with Gasteiger partial charge in [0.2, 0.25) is 0 Å². The van der Waals surface area contributed by atoms with Gasteiger partial charge in [0.05, 0.1) is 0 Å². The van der Waals surface area contributed by atoms with Crippen LogP contribution in [0, 0.1) is 0 Å². The molecule has 72 valence electrons. The summed E-state index contributed by atoms with van der Waals surface area (Å²) in [6.45, 7) is 0.284. The van der Waals surface area contributed by atoms with Gasteiger partial charge >= 0.3 is 9.08 Å². The first-order valence-corrected chi connectivity index (χ1v) is 5.73. The van der Waals surface area contributed by atoms with Crippen LogP contribution < -0.4 is 10.6 Å². The van der Waals surface area contributed by atoms with Gasteiger partial charge in [-0.05, 0) is 18.6 Å². The second kappa shape index (κ2) is 5.36. The van der Waals surface area contributed by atoms with Gasteiger partial charge < -0.3 is 10.6 Å². The molecule has 7 heteroatoms. The molecule has 0 heterocycles. The van der Waals surface area contributed by atoms with Gasteiger partial charge in [0.1, 0.15) is 0 Å². The Morgan fingerprint density at radius 3 is 2.42 bits per heavy atom. The first kappa shape index (κ1) is 11.7. The van der Waals surface area contributed by atoms with Crippen molar-refractivity contribution in [2.45, 2.75) is 12.5 Å². The normalized spacial score (nSPS) is 11.0. The Morgan fingerprint density at radius 1 is 1.42 bits per heavy atom. The fourth-order valence-corrected chi connectivity index (χ4v) is 1.26. The number of thiocarbonyl (C=S) groups is 1. The molecule has 0 fully saturated rings. The number of nitrogens with one attached hydrogen (secondary N) is 2. The molecule has 0 spiro atoms. The minimum atomic E-state index is -5.34. The third kappa shape index (κ3) is 7.80. The largest absolute Gasteiger partial charge is 0.616 e. The van der Waals surface area contributed by atoms with Gasteiger partial charge in [0, 0.05) is 19.6 Å². The first-order valence-electron chi connectivity index (χ1n) is 3.48. The van der Waals surface area contributed by atoms with Crippen LogP contribution in [0.15, 0.2) is 0 Å². The van der Waals surface area contributed by atoms with Crippen molar-refractivity contribution in [3.63, 3.8) is 0 Å². The lowest BCUT2D eigenvalue weighted by Crippen LogP contribution is -2.33. The lowest BCUT2D eigenvalue weighted by molar-refractivity contribution is 0.463. The van der Waals surface area contributed by atoms with Crippen LogP contribution in [-0.4, -0.2) is 27.8 Å². The van der Waals surface area contributed by atoms with E-state index >= 15 is 0 Å². The second-order valence-corrected chi connectivity index (χ2v) is 4.36. The first-order chi connectivity index (χ1) is 5.45. The third-order valence-electron chi connectivity index (χ3n) is 1.15. The number of hydrogen-bond acceptors (Lipinski definition) is 1. The highest BCUT2D eigenvalue weighted by Gasteiger charge is 2.35. The summed E-state index contributed by atoms with van der Waals surface area (Å²) in [5.41, 5.74) is 0. The Morgan fingerprint density at radius 2 is 2.00 bits per heavy atom. The fraction of sp³-hybridized carbons (Fsp3) is 0.800. The van der Waals surface area contributed by atoms with E-state index in [1.165, 1.54) is 0 Å². The zero-order chi connectivity index (χ0) is 9.61. The monoisotopic (exact) mass is 216 g/mol. The van der Waals surface area contributed by atoms with Gasteiger partial charge in [-0.25, -0.2) is 12.3 Å². The molecule has 0 atom stereocenters. The van der Waals surface area contributed by atoms with E-state index in [0.29, 0.717) is 5.11 Å². The number of halogens is 3. The molecule has 12 heavy (non-hydrogen) atoms. The van der Waals surface area contributed by atoms with E-state index < -0.39 is 15.1 Å². The highest BCUT2D eigenvalue weighted by atomic mass is 32.1. The van der Waals surface area contributed by atoms with Crippen molar-refractivity contribution in [3.8, 4) is 0 Å². The summed E-state index contributed by atoms with van der Waals surface area (Å²) < 4.78 is 35.2. The van der Waals surface area contributed by atoms with Crippen LogP contribution in [0.5, 0.6) is 0 Å². The standard InChI is InChI=1S/C5H11F3N2SSi/c1-9-5(11)10-3-2-4-12(6,7)8/h2-4H2,1H3,(H2,9,10,11). The molecule has 0 aromatic rings. The summed E-state index contributed by atoms with van der Waals surface area (Å²) in [4.78, 5) is 0. The highest BCUT2D eigenvalue weighted by molar-refractivity contribution is 7.80. The molecule has 0 aliphatic carbocycles. The summed E-state index contributed by atoms with van der Waals surface area (Å²) in [6.07, 6.45) is 0.109. The Hall–Kier alpha value is -0.303. The molecule has 0 bridgehead atoms. The van der Waals surface area contributed by atoms with E-state index in [4.69, 9.17) is 0 Å². The molecule has 0 aromatic carbocycles. The van der Waals surface area contributed by atoms with Gasteiger partial charge in [-0.2, -0.15) is 0 Å². The molecule has 0 saturated heterocycles. The second-order valence-electron chi connectivity index (χ2n) is 2.22. The van der Waals surface area contributed by atoms with Crippen LogP contribution in [0.4, 0.5) is 12.3 Å². The van der Waals surface area contributed by atoms with Crippen molar-refractivity contribution in [2.24, 2.45) is 0 Å². The predicted octanol–water partition coefficient (Wildman–Crippen LogP) is 1.32. The molecule has 0 amide bonds. The number of hydrogen-bond donors (Lipinski definition) is 2. The van der Waals surface area contributed by atoms with E-state index in [0.717, 1.165) is 0 Å². The van der Waals surface area contributed by atoms with Gasteiger partial charge in [-0.3, -0.25) is 0 Å². The van der Waals surface area contributed by atoms with Crippen LogP contribution >= 0.6 is 12.2 Å². The van der Waals surface area contributed by atoms with Gasteiger partial charge in [0.15, 0.2) is 5.11 Å². The Kier molecular flexibility index (Phi) is 5.23. The molecule has 0 radical (unpaired) electrons. The molecule has 0 saturated carbocycles. The van der Waals surface area contributed by atoms with E-state index in [1.54, 1.807) is 7.05 Å². The summed E-state index contributed by atoms with van der Waals surface area (Å²) in [5, 5.41) is 5.65. The smallest absolute Gasteiger partial charge is 0.366 e. The van der Waals surface area contributed by atoms with Gasteiger partial charge in [0.25, 0.3) is 0 Å². The molecule has 2 nitrogen and oxygen atoms in total. The van der Waals surface area contributed by atoms with E-state index in [2.05, 4.69) is 22.9 Å². The van der Waals surface area contributed by atoms with Crippen LogP contribution in [0.1, 0.15) is 6.42 Å². The summed E-state index contributed by atoms with van der Waals surface area (Å²) in [6, 6.07) is -0.633. The van der Waals surface area contributed by atoms with Crippen molar-refractivity contribution >= 4 is 26.4 Å². The maximum absolute atomic E-state index is 11.7. The Labute approximate surface area is 76.1 Å². The average molecular weight is 216 g/mol. The number of rotatable bonds is 4. The van der Waals surface area contributed by atoms with Crippen molar-refractivity contribution in [2.75, 3.05) is 13.6 Å². The molecular weight excluding hydrogens is 205 g/mol. The lowest BCUT2D eigenvalue weighted by Gasteiger charge is -2.06. The molecule has 0 aromatic heterocycles. The molecule has 2 N–H and O–H groups in total. The average Bonchev–Trinajstić information content (AvgIpc) is 1.96. The Balaban J connectivity index is 3.28. The molecule has 0 aliphatic heterocycles. The van der Waals surface area contributed by atoms with Crippen LogP contribution in [-0.2, 0) is 0 Å². The van der Waals surface area contributed by atoms with Crippen molar-refractivity contribution in [1.29, 1.82) is 0 Å². The zero-order valence-electron chi connectivity index (χ0n) is 6.66. The Bertz CT molecular complexity index is 150. The van der Waals surface area contributed by atoms with Gasteiger partial charge in [-0.15, -0.1) is 0 Å². The maximum atomic E-state index is 11.7. The maximum Gasteiger partial charge on any atom is 0.616 e. The van der Waals surface area contributed by atoms with E-state index in [9.17, 15) is 12.3 Å². The van der Waals surface area contributed by atoms with Crippen molar-refractivity contribution in [3.05, 3.63) is 0 Å². The van der Waals surface area contributed by atoms with Gasteiger partial charge in [-0.1, -0.05) is 0 Å². The van der Waals surface area contributed by atoms with Crippen LogP contribution in [0.2, 0.25) is 6.04 Å². The van der Waals surface area contributed by atoms with Crippen LogP contribution in [0.3, 0.4) is 0 Å². The molecule has 0 unspecified atom stereocenters. The van der Waals surface area contributed by atoms with Crippen molar-refractivity contribution in [1.82, 2.24) is 10.6 Å². The molecule has 0 rings (SSSR count). The quantitative estimate of drug-likeness (QED) is 0.321. The molecular formula is C5H11F3N2SSi. The van der Waals surface area contributed by atoms with E-state index in [-0.39, 0.29) is 13.0 Å². The summed E-state index contributed by atoms with van der Waals surface area (Å²) in [5.74, 6) is 0. The van der Waals surface area contributed by atoms with E-state index in [1.807, 2.05) is 0 Å². The fourth-order valence-electron chi connectivity index (χ4n) is 0.579. The SMILES string of the molecule is CNC(=S)NCCC[Si](F)(F)F. The summed E-state index contributed by atoms with van der Waals surface area (Å²) >= 11 is 4.67. The lowest BCUT2D eigenvalue weighted by atomic mass is 10.5. The van der Waals surface area contributed by atoms with Crippen molar-refractivity contribution < 1.29 is 12.3 Å². The highest BCUT2D eigenvalue weighted by Crippen LogP contribution is 2.15. The zero-order valence-corrected chi connectivity index (χ0v) is 8.48.